The number of aromatic nitrogens is 1. The number of pyridine rings is 1. The van der Waals surface area contributed by atoms with Gasteiger partial charge < -0.3 is 9.84 Å². The third-order valence-corrected chi connectivity index (χ3v) is 3.29. The van der Waals surface area contributed by atoms with Crippen molar-refractivity contribution in [3.05, 3.63) is 23.9 Å². The third-order valence-electron chi connectivity index (χ3n) is 3.29. The third kappa shape index (κ3) is 3.19. The zero-order chi connectivity index (χ0) is 12.7. The number of aliphatic hydroxyl groups excluding tert-OH is 1. The van der Waals surface area contributed by atoms with Gasteiger partial charge in [0.2, 0.25) is 5.88 Å². The summed E-state index contributed by atoms with van der Waals surface area (Å²) in [5.74, 6) is 1.50. The van der Waals surface area contributed by atoms with Gasteiger partial charge in [0.05, 0.1) is 7.11 Å². The van der Waals surface area contributed by atoms with E-state index in [9.17, 15) is 5.11 Å². The normalized spacial score (nSPS) is 22.8. The molecule has 1 N–H and O–H groups in total. The second kappa shape index (κ2) is 7.28. The van der Waals surface area contributed by atoms with Crippen molar-refractivity contribution in [2.24, 2.45) is 5.92 Å². The van der Waals surface area contributed by atoms with Crippen molar-refractivity contribution in [2.45, 2.75) is 39.0 Å². The smallest absolute Gasteiger partial charge is 0.216 e. The quantitative estimate of drug-likeness (QED) is 0.878. The fraction of sp³-hybridized carbons (Fsp3) is 0.643. The number of hydrogen-bond acceptors (Lipinski definition) is 3. The van der Waals surface area contributed by atoms with Crippen LogP contribution in [0.15, 0.2) is 18.3 Å². The van der Waals surface area contributed by atoms with Gasteiger partial charge >= 0.3 is 0 Å². The fourth-order valence-corrected chi connectivity index (χ4v) is 2.52. The van der Waals surface area contributed by atoms with Crippen molar-refractivity contribution >= 4 is 0 Å². The van der Waals surface area contributed by atoms with E-state index in [0.29, 0.717) is 17.7 Å². The molecule has 0 bridgehead atoms. The molecule has 1 aliphatic carbocycles. The average molecular weight is 237 g/mol. The van der Waals surface area contributed by atoms with Crippen LogP contribution in [-0.4, -0.2) is 23.8 Å². The molecule has 3 heteroatoms. The Morgan fingerprint density at radius 3 is 2.82 bits per heavy atom. The molecular weight excluding hydrogens is 214 g/mol. The summed E-state index contributed by atoms with van der Waals surface area (Å²) in [6, 6.07) is 4.00. The van der Waals surface area contributed by atoms with E-state index in [-0.39, 0.29) is 6.61 Å². The summed E-state index contributed by atoms with van der Waals surface area (Å²) in [5.41, 5.74) is 1.15. The molecule has 17 heavy (non-hydrogen) atoms. The Morgan fingerprint density at radius 1 is 1.41 bits per heavy atom. The molecule has 96 valence electrons. The summed E-state index contributed by atoms with van der Waals surface area (Å²) in [6.07, 6.45) is 5.17. The number of aliphatic hydroxyl groups is 1. The van der Waals surface area contributed by atoms with Gasteiger partial charge in [0.15, 0.2) is 0 Å². The van der Waals surface area contributed by atoms with Crippen molar-refractivity contribution in [3.63, 3.8) is 0 Å². The lowest BCUT2D eigenvalue weighted by Crippen LogP contribution is -2.11. The number of methoxy groups -OCH3 is 1. The van der Waals surface area contributed by atoms with Crippen LogP contribution in [0.2, 0.25) is 0 Å². The number of rotatable bonds is 3. The Morgan fingerprint density at radius 2 is 2.18 bits per heavy atom. The Balaban J connectivity index is 0.000000686. The maximum atomic E-state index is 9.30. The molecule has 1 aromatic heterocycles. The lowest BCUT2D eigenvalue weighted by molar-refractivity contribution is 0.216. The second-order valence-corrected chi connectivity index (χ2v) is 4.08. The molecule has 1 saturated carbocycles. The molecule has 0 aliphatic heterocycles. The largest absolute Gasteiger partial charge is 0.481 e. The molecule has 1 aromatic rings. The zero-order valence-electron chi connectivity index (χ0n) is 11.0. The zero-order valence-corrected chi connectivity index (χ0v) is 11.0. The Bertz CT molecular complexity index is 328. The van der Waals surface area contributed by atoms with Gasteiger partial charge in [-0.1, -0.05) is 26.3 Å². The molecule has 3 nitrogen and oxygen atoms in total. The fourth-order valence-electron chi connectivity index (χ4n) is 2.52. The SMILES string of the molecule is CC.COc1ncccc1C1CCCC1CO. The summed E-state index contributed by atoms with van der Waals surface area (Å²) in [6.45, 7) is 4.27. The monoisotopic (exact) mass is 237 g/mol. The summed E-state index contributed by atoms with van der Waals surface area (Å²) >= 11 is 0. The van der Waals surface area contributed by atoms with Crippen molar-refractivity contribution in [1.82, 2.24) is 4.98 Å². The van der Waals surface area contributed by atoms with Crippen molar-refractivity contribution < 1.29 is 9.84 Å². The Labute approximate surface area is 104 Å². The number of ether oxygens (including phenoxy) is 1. The summed E-state index contributed by atoms with van der Waals surface area (Å²) in [5, 5.41) is 9.30. The topological polar surface area (TPSA) is 42.4 Å². The highest BCUT2D eigenvalue weighted by molar-refractivity contribution is 5.30. The van der Waals surface area contributed by atoms with Crippen LogP contribution in [0, 0.1) is 5.92 Å². The van der Waals surface area contributed by atoms with Crippen LogP contribution in [0.25, 0.3) is 0 Å². The van der Waals surface area contributed by atoms with Crippen LogP contribution < -0.4 is 4.74 Å². The van der Waals surface area contributed by atoms with E-state index in [1.807, 2.05) is 19.9 Å². The van der Waals surface area contributed by atoms with Gasteiger partial charge in [-0.25, -0.2) is 4.98 Å². The van der Waals surface area contributed by atoms with Crippen LogP contribution in [0.4, 0.5) is 0 Å². The molecular formula is C14H23NO2. The molecule has 0 radical (unpaired) electrons. The van der Waals surface area contributed by atoms with E-state index in [1.165, 1.54) is 6.42 Å². The highest BCUT2D eigenvalue weighted by atomic mass is 16.5. The van der Waals surface area contributed by atoms with Gasteiger partial charge in [-0.05, 0) is 30.7 Å². The van der Waals surface area contributed by atoms with Crippen molar-refractivity contribution in [3.8, 4) is 5.88 Å². The Hall–Kier alpha value is -1.09. The first kappa shape index (κ1) is 14.0. The molecule has 0 spiro atoms. The van der Waals surface area contributed by atoms with Crippen LogP contribution in [0.3, 0.4) is 0 Å². The van der Waals surface area contributed by atoms with E-state index in [1.54, 1.807) is 13.3 Å². The van der Waals surface area contributed by atoms with Gasteiger partial charge in [-0.15, -0.1) is 0 Å². The van der Waals surface area contributed by atoms with E-state index in [4.69, 9.17) is 4.74 Å². The highest BCUT2D eigenvalue weighted by Crippen LogP contribution is 2.41. The van der Waals surface area contributed by atoms with E-state index in [2.05, 4.69) is 11.1 Å². The minimum atomic E-state index is 0.267. The minimum absolute atomic E-state index is 0.267. The molecule has 1 heterocycles. The van der Waals surface area contributed by atoms with Gasteiger partial charge in [0.1, 0.15) is 0 Å². The average Bonchev–Trinajstić information content (AvgIpc) is 2.89. The van der Waals surface area contributed by atoms with E-state index >= 15 is 0 Å². The van der Waals surface area contributed by atoms with Crippen LogP contribution >= 0.6 is 0 Å². The molecule has 0 aromatic carbocycles. The summed E-state index contributed by atoms with van der Waals surface area (Å²) in [4.78, 5) is 4.21. The van der Waals surface area contributed by atoms with Crippen LogP contribution in [0.1, 0.15) is 44.6 Å². The number of nitrogens with zero attached hydrogens (tertiary/aromatic N) is 1. The van der Waals surface area contributed by atoms with Crippen LogP contribution in [0.5, 0.6) is 5.88 Å². The van der Waals surface area contributed by atoms with Crippen LogP contribution in [-0.2, 0) is 0 Å². The first-order valence-electron chi connectivity index (χ1n) is 6.46. The maximum absolute atomic E-state index is 9.30. The van der Waals surface area contributed by atoms with E-state index < -0.39 is 0 Å². The highest BCUT2D eigenvalue weighted by Gasteiger charge is 2.30. The van der Waals surface area contributed by atoms with Crippen molar-refractivity contribution in [2.75, 3.05) is 13.7 Å². The molecule has 2 atom stereocenters. The Kier molecular flexibility index (Phi) is 5.98. The molecule has 0 amide bonds. The lowest BCUT2D eigenvalue weighted by atomic mass is 9.90. The van der Waals surface area contributed by atoms with Gasteiger partial charge in [0, 0.05) is 18.4 Å². The van der Waals surface area contributed by atoms with Crippen molar-refractivity contribution in [1.29, 1.82) is 0 Å². The molecule has 0 saturated heterocycles. The summed E-state index contributed by atoms with van der Waals surface area (Å²) < 4.78 is 5.26. The lowest BCUT2D eigenvalue weighted by Gasteiger charge is -2.19. The number of hydrogen-bond donors (Lipinski definition) is 1. The second-order valence-electron chi connectivity index (χ2n) is 4.08. The van der Waals surface area contributed by atoms with Gasteiger partial charge in [-0.2, -0.15) is 0 Å². The predicted molar refractivity (Wildman–Crippen MR) is 69.3 cm³/mol. The van der Waals surface area contributed by atoms with E-state index in [0.717, 1.165) is 18.4 Å². The standard InChI is InChI=1S/C12H17NO2.C2H6/c1-15-12-11(6-3-7-13-12)10-5-2-4-9(10)8-14;1-2/h3,6-7,9-10,14H,2,4-5,8H2,1H3;1-2H3. The molecule has 2 rings (SSSR count). The summed E-state index contributed by atoms with van der Waals surface area (Å²) in [7, 11) is 1.65. The molecule has 1 fully saturated rings. The van der Waals surface area contributed by atoms with Gasteiger partial charge in [0.25, 0.3) is 0 Å². The first-order chi connectivity index (χ1) is 8.36. The predicted octanol–water partition coefficient (Wildman–Crippen LogP) is 2.99. The maximum Gasteiger partial charge on any atom is 0.216 e. The molecule has 2 unspecified atom stereocenters. The molecule has 1 aliphatic rings. The minimum Gasteiger partial charge on any atom is -0.481 e. The first-order valence-corrected chi connectivity index (χ1v) is 6.46. The van der Waals surface area contributed by atoms with Gasteiger partial charge in [-0.3, -0.25) is 0 Å².